The summed E-state index contributed by atoms with van der Waals surface area (Å²) < 4.78 is 5.17. The standard InChI is InChI=1S/C7H7N3O3/c11-7(12)10-1-2-13-5-3-8-4-9-6(5)10/h3-4H,1-2H2,(H,11,12). The smallest absolute Gasteiger partial charge is 0.413 e. The topological polar surface area (TPSA) is 75.5 Å². The van der Waals surface area contributed by atoms with Gasteiger partial charge >= 0.3 is 6.09 Å². The van der Waals surface area contributed by atoms with Crippen molar-refractivity contribution in [1.29, 1.82) is 0 Å². The summed E-state index contributed by atoms with van der Waals surface area (Å²) in [6.07, 6.45) is 1.73. The maximum atomic E-state index is 10.7. The molecule has 1 aromatic heterocycles. The second kappa shape index (κ2) is 2.89. The van der Waals surface area contributed by atoms with Gasteiger partial charge < -0.3 is 9.84 Å². The van der Waals surface area contributed by atoms with E-state index >= 15 is 0 Å². The van der Waals surface area contributed by atoms with Crippen LogP contribution in [0.4, 0.5) is 10.6 Å². The van der Waals surface area contributed by atoms with E-state index in [2.05, 4.69) is 9.97 Å². The molecule has 0 saturated carbocycles. The van der Waals surface area contributed by atoms with Crippen molar-refractivity contribution in [2.45, 2.75) is 0 Å². The average Bonchev–Trinajstić information content (AvgIpc) is 2.17. The molecule has 2 rings (SSSR count). The molecule has 0 aromatic carbocycles. The lowest BCUT2D eigenvalue weighted by molar-refractivity contribution is 0.196. The molecule has 6 nitrogen and oxygen atoms in total. The van der Waals surface area contributed by atoms with Crippen molar-refractivity contribution in [2.24, 2.45) is 0 Å². The summed E-state index contributed by atoms with van der Waals surface area (Å²) in [5.41, 5.74) is 0. The molecule has 0 saturated heterocycles. The zero-order chi connectivity index (χ0) is 9.26. The number of hydrogen-bond acceptors (Lipinski definition) is 4. The number of hydrogen-bond donors (Lipinski definition) is 1. The van der Waals surface area contributed by atoms with Gasteiger partial charge in [-0.2, -0.15) is 0 Å². The van der Waals surface area contributed by atoms with Crippen molar-refractivity contribution in [3.63, 3.8) is 0 Å². The van der Waals surface area contributed by atoms with Crippen molar-refractivity contribution < 1.29 is 14.6 Å². The lowest BCUT2D eigenvalue weighted by atomic mass is 10.4. The molecule has 0 radical (unpaired) electrons. The van der Waals surface area contributed by atoms with E-state index in [0.717, 1.165) is 4.90 Å². The summed E-state index contributed by atoms with van der Waals surface area (Å²) in [6.45, 7) is 0.645. The van der Waals surface area contributed by atoms with Gasteiger partial charge in [0.15, 0.2) is 11.6 Å². The van der Waals surface area contributed by atoms with Crippen LogP contribution in [0.15, 0.2) is 12.5 Å². The largest absolute Gasteiger partial charge is 0.486 e. The number of rotatable bonds is 0. The second-order valence-electron chi connectivity index (χ2n) is 2.49. The Kier molecular flexibility index (Phi) is 1.73. The number of aromatic nitrogens is 2. The van der Waals surface area contributed by atoms with Crippen LogP contribution in [0.3, 0.4) is 0 Å². The van der Waals surface area contributed by atoms with Crippen molar-refractivity contribution in [3.05, 3.63) is 12.5 Å². The van der Waals surface area contributed by atoms with Gasteiger partial charge in [-0.1, -0.05) is 0 Å². The molecule has 0 bridgehead atoms. The van der Waals surface area contributed by atoms with E-state index in [9.17, 15) is 4.79 Å². The minimum Gasteiger partial charge on any atom is -0.486 e. The van der Waals surface area contributed by atoms with Crippen molar-refractivity contribution in [1.82, 2.24) is 9.97 Å². The minimum atomic E-state index is -1.02. The summed E-state index contributed by atoms with van der Waals surface area (Å²) in [4.78, 5) is 19.4. The van der Waals surface area contributed by atoms with Gasteiger partial charge in [0, 0.05) is 0 Å². The molecule has 13 heavy (non-hydrogen) atoms. The van der Waals surface area contributed by atoms with E-state index in [1.165, 1.54) is 12.5 Å². The molecule has 1 amide bonds. The second-order valence-corrected chi connectivity index (χ2v) is 2.49. The SMILES string of the molecule is O=C(O)N1CCOc2cncnc21. The first kappa shape index (κ1) is 7.78. The first-order valence-electron chi connectivity index (χ1n) is 3.72. The highest BCUT2D eigenvalue weighted by atomic mass is 16.5. The Morgan fingerprint density at radius 3 is 3.31 bits per heavy atom. The van der Waals surface area contributed by atoms with Gasteiger partial charge in [-0.3, -0.25) is 4.90 Å². The van der Waals surface area contributed by atoms with Crippen LogP contribution in [0, 0.1) is 0 Å². The summed E-state index contributed by atoms with van der Waals surface area (Å²) in [5, 5.41) is 8.79. The average molecular weight is 181 g/mol. The quantitative estimate of drug-likeness (QED) is 0.625. The highest BCUT2D eigenvalue weighted by Crippen LogP contribution is 2.27. The molecule has 0 unspecified atom stereocenters. The van der Waals surface area contributed by atoms with Crippen molar-refractivity contribution in [2.75, 3.05) is 18.1 Å². The number of anilines is 1. The van der Waals surface area contributed by atoms with Crippen LogP contribution in [0.1, 0.15) is 0 Å². The van der Waals surface area contributed by atoms with Gasteiger partial charge in [0.1, 0.15) is 12.9 Å². The lowest BCUT2D eigenvalue weighted by Gasteiger charge is -2.24. The molecule has 1 aromatic rings. The maximum absolute atomic E-state index is 10.7. The number of carbonyl (C=O) groups is 1. The van der Waals surface area contributed by atoms with Gasteiger partial charge in [-0.05, 0) is 0 Å². The monoisotopic (exact) mass is 181 g/mol. The lowest BCUT2D eigenvalue weighted by Crippen LogP contribution is -2.37. The van der Waals surface area contributed by atoms with Crippen LogP contribution in [-0.2, 0) is 0 Å². The Bertz CT molecular complexity index is 342. The molecule has 6 heteroatoms. The predicted octanol–water partition coefficient (Wildman–Crippen LogP) is 0.353. The third-order valence-electron chi connectivity index (χ3n) is 1.72. The van der Waals surface area contributed by atoms with Gasteiger partial charge in [0.2, 0.25) is 0 Å². The Labute approximate surface area is 73.8 Å². The zero-order valence-electron chi connectivity index (χ0n) is 6.67. The van der Waals surface area contributed by atoms with Crippen LogP contribution in [0.2, 0.25) is 0 Å². The van der Waals surface area contributed by atoms with Crippen LogP contribution in [0.5, 0.6) is 5.75 Å². The molecule has 0 atom stereocenters. The van der Waals surface area contributed by atoms with Gasteiger partial charge in [-0.25, -0.2) is 14.8 Å². The molecular formula is C7H7N3O3. The highest BCUT2D eigenvalue weighted by Gasteiger charge is 2.24. The van der Waals surface area contributed by atoms with Crippen LogP contribution in [-0.4, -0.2) is 34.3 Å². The van der Waals surface area contributed by atoms with Crippen LogP contribution >= 0.6 is 0 Å². The number of fused-ring (bicyclic) bond motifs is 1. The molecule has 1 aliphatic heterocycles. The van der Waals surface area contributed by atoms with Crippen LogP contribution < -0.4 is 9.64 Å². The normalized spacial score (nSPS) is 14.6. The molecule has 0 fully saturated rings. The van der Waals surface area contributed by atoms with Crippen molar-refractivity contribution >= 4 is 11.9 Å². The van der Waals surface area contributed by atoms with Gasteiger partial charge in [-0.15, -0.1) is 0 Å². The summed E-state index contributed by atoms with van der Waals surface area (Å²) >= 11 is 0. The fourth-order valence-corrected chi connectivity index (χ4v) is 1.15. The molecule has 2 heterocycles. The fourth-order valence-electron chi connectivity index (χ4n) is 1.15. The Morgan fingerprint density at radius 2 is 2.54 bits per heavy atom. The zero-order valence-corrected chi connectivity index (χ0v) is 6.67. The van der Waals surface area contributed by atoms with E-state index in [0.29, 0.717) is 24.7 Å². The molecule has 1 N–H and O–H groups in total. The first-order valence-corrected chi connectivity index (χ1v) is 3.72. The Morgan fingerprint density at radius 1 is 1.69 bits per heavy atom. The Balaban J connectivity index is 2.42. The number of amides is 1. The summed E-state index contributed by atoms with van der Waals surface area (Å²) in [7, 11) is 0. The summed E-state index contributed by atoms with van der Waals surface area (Å²) in [5.74, 6) is 0.727. The van der Waals surface area contributed by atoms with E-state index in [1.807, 2.05) is 0 Å². The van der Waals surface area contributed by atoms with E-state index < -0.39 is 6.09 Å². The fraction of sp³-hybridized carbons (Fsp3) is 0.286. The number of ether oxygens (including phenoxy) is 1. The van der Waals surface area contributed by atoms with E-state index in [1.54, 1.807) is 0 Å². The van der Waals surface area contributed by atoms with E-state index in [-0.39, 0.29) is 0 Å². The van der Waals surface area contributed by atoms with E-state index in [4.69, 9.17) is 9.84 Å². The molecule has 0 aliphatic carbocycles. The minimum absolute atomic E-state index is 0.305. The Hall–Kier alpha value is -1.85. The predicted molar refractivity (Wildman–Crippen MR) is 42.9 cm³/mol. The van der Waals surface area contributed by atoms with Crippen LogP contribution in [0.25, 0.3) is 0 Å². The molecule has 0 spiro atoms. The number of nitrogens with zero attached hydrogens (tertiary/aromatic N) is 3. The van der Waals surface area contributed by atoms with Crippen molar-refractivity contribution in [3.8, 4) is 5.75 Å². The third-order valence-corrected chi connectivity index (χ3v) is 1.72. The van der Waals surface area contributed by atoms with Gasteiger partial charge in [0.05, 0.1) is 12.7 Å². The summed E-state index contributed by atoms with van der Waals surface area (Å²) in [6, 6.07) is 0. The highest BCUT2D eigenvalue weighted by molar-refractivity contribution is 5.86. The number of carboxylic acid groups (broad SMARTS) is 1. The first-order chi connectivity index (χ1) is 6.29. The molecule has 68 valence electrons. The maximum Gasteiger partial charge on any atom is 0.413 e. The molecule has 1 aliphatic rings. The third kappa shape index (κ3) is 1.26. The molecular weight excluding hydrogens is 174 g/mol. The van der Waals surface area contributed by atoms with Gasteiger partial charge in [0.25, 0.3) is 0 Å².